The summed E-state index contributed by atoms with van der Waals surface area (Å²) in [6.45, 7) is 3.85. The largest absolute Gasteiger partial charge is 0.345 e. The van der Waals surface area contributed by atoms with Crippen molar-refractivity contribution in [3.05, 3.63) is 5.82 Å². The summed E-state index contributed by atoms with van der Waals surface area (Å²) in [5, 5.41) is 16.1. The summed E-state index contributed by atoms with van der Waals surface area (Å²) < 4.78 is 0. The van der Waals surface area contributed by atoms with Crippen LogP contribution in [0, 0.1) is 0 Å². The van der Waals surface area contributed by atoms with E-state index in [1.165, 1.54) is 0 Å². The van der Waals surface area contributed by atoms with Crippen LogP contribution in [0.5, 0.6) is 0 Å². The fraction of sp³-hybridized carbons (Fsp3) is 0.778. The Balaban J connectivity index is 2.39. The lowest BCUT2D eigenvalue weighted by Crippen LogP contribution is -2.41. The van der Waals surface area contributed by atoms with Gasteiger partial charge in [-0.25, -0.2) is 0 Å². The zero-order valence-corrected chi connectivity index (χ0v) is 9.60. The summed E-state index contributed by atoms with van der Waals surface area (Å²) in [6, 6.07) is -0.742. The van der Waals surface area contributed by atoms with Gasteiger partial charge in [0.15, 0.2) is 5.82 Å². The van der Waals surface area contributed by atoms with E-state index in [0.717, 1.165) is 12.8 Å². The Labute approximate surface area is 94.2 Å². The number of hydrogen-bond acceptors (Lipinski definition) is 5. The van der Waals surface area contributed by atoms with Crippen LogP contribution >= 0.6 is 0 Å². The molecular formula is C9H18N6O. The molecule has 90 valence electrons. The molecule has 0 fully saturated rings. The van der Waals surface area contributed by atoms with Gasteiger partial charge >= 0.3 is 0 Å². The maximum Gasteiger partial charge on any atom is 0.237 e. The predicted molar refractivity (Wildman–Crippen MR) is 58.2 cm³/mol. The van der Waals surface area contributed by atoms with Gasteiger partial charge in [0.05, 0.1) is 12.1 Å². The molecule has 0 bridgehead atoms. The minimum Gasteiger partial charge on any atom is -0.345 e. The number of aromatic nitrogens is 4. The van der Waals surface area contributed by atoms with Crippen molar-refractivity contribution in [2.24, 2.45) is 5.73 Å². The highest BCUT2D eigenvalue weighted by Crippen LogP contribution is 2.05. The summed E-state index contributed by atoms with van der Waals surface area (Å²) in [5.74, 6) is 0.279. The van der Waals surface area contributed by atoms with Crippen molar-refractivity contribution in [3.63, 3.8) is 0 Å². The Kier molecular flexibility index (Phi) is 4.84. The fourth-order valence-electron chi connectivity index (χ4n) is 1.29. The predicted octanol–water partition coefficient (Wildman–Crippen LogP) is -0.106. The Morgan fingerprint density at radius 3 is 2.94 bits per heavy atom. The molecule has 0 aliphatic carbocycles. The van der Waals surface area contributed by atoms with Gasteiger partial charge in [0.1, 0.15) is 0 Å². The van der Waals surface area contributed by atoms with Gasteiger partial charge < -0.3 is 11.1 Å². The first-order chi connectivity index (χ1) is 7.65. The zero-order chi connectivity index (χ0) is 12.0. The maximum atomic E-state index is 11.6. The monoisotopic (exact) mass is 226 g/mol. The number of nitrogens with two attached hydrogens (primary N) is 1. The molecule has 2 unspecified atom stereocenters. The maximum absolute atomic E-state index is 11.6. The van der Waals surface area contributed by atoms with E-state index in [0.29, 0.717) is 12.2 Å². The molecule has 0 radical (unpaired) electrons. The van der Waals surface area contributed by atoms with Crippen LogP contribution in [0.2, 0.25) is 0 Å². The van der Waals surface area contributed by atoms with Crippen LogP contribution in [0.1, 0.15) is 45.0 Å². The molecule has 1 heterocycles. The lowest BCUT2D eigenvalue weighted by molar-refractivity contribution is -0.123. The Bertz CT molecular complexity index is 312. The third kappa shape index (κ3) is 3.58. The number of aromatic amines is 1. The molecule has 1 amide bonds. The summed E-state index contributed by atoms with van der Waals surface area (Å²) in [6.07, 6.45) is 2.67. The van der Waals surface area contributed by atoms with Crippen LogP contribution in [-0.2, 0) is 4.79 Å². The van der Waals surface area contributed by atoms with E-state index in [2.05, 4.69) is 32.9 Å². The molecule has 0 aromatic carbocycles. The molecule has 0 saturated heterocycles. The summed E-state index contributed by atoms with van der Waals surface area (Å²) in [4.78, 5) is 11.6. The average molecular weight is 226 g/mol. The van der Waals surface area contributed by atoms with Gasteiger partial charge in [-0.1, -0.05) is 25.0 Å². The van der Waals surface area contributed by atoms with Crippen LogP contribution in [0.3, 0.4) is 0 Å². The topological polar surface area (TPSA) is 110 Å². The first kappa shape index (κ1) is 12.6. The number of amides is 1. The number of nitrogens with one attached hydrogen (secondary N) is 2. The van der Waals surface area contributed by atoms with E-state index in [1.54, 1.807) is 6.92 Å². The van der Waals surface area contributed by atoms with Crippen molar-refractivity contribution in [3.8, 4) is 0 Å². The minimum atomic E-state index is -0.464. The normalized spacial score (nSPS) is 14.4. The molecule has 0 aliphatic rings. The van der Waals surface area contributed by atoms with E-state index in [-0.39, 0.29) is 11.9 Å². The van der Waals surface area contributed by atoms with Gasteiger partial charge in [-0.2, -0.15) is 5.21 Å². The molecule has 7 heteroatoms. The Morgan fingerprint density at radius 1 is 1.62 bits per heavy atom. The quantitative estimate of drug-likeness (QED) is 0.627. The number of H-pyrrole nitrogens is 1. The standard InChI is InChI=1S/C9H18N6O/c1-3-4-5-7(10)9(16)11-6(2)8-12-14-15-13-8/h6-7H,3-5,10H2,1-2H3,(H,11,16)(H,12,13,14,15). The molecule has 1 rings (SSSR count). The minimum absolute atomic E-state index is 0.175. The van der Waals surface area contributed by atoms with E-state index >= 15 is 0 Å². The number of carbonyl (C=O) groups is 1. The van der Waals surface area contributed by atoms with Crippen molar-refractivity contribution in [2.45, 2.75) is 45.2 Å². The number of tetrazole rings is 1. The molecule has 16 heavy (non-hydrogen) atoms. The average Bonchev–Trinajstić information content (AvgIpc) is 2.79. The first-order valence-electron chi connectivity index (χ1n) is 5.44. The van der Waals surface area contributed by atoms with Crippen LogP contribution in [-0.4, -0.2) is 32.6 Å². The lowest BCUT2D eigenvalue weighted by Gasteiger charge is -2.14. The highest BCUT2D eigenvalue weighted by Gasteiger charge is 2.18. The SMILES string of the molecule is CCCCC(N)C(=O)NC(C)c1nn[nH]n1. The number of rotatable bonds is 6. The fourth-order valence-corrected chi connectivity index (χ4v) is 1.29. The third-order valence-electron chi connectivity index (χ3n) is 2.31. The number of carbonyl (C=O) groups excluding carboxylic acids is 1. The van der Waals surface area contributed by atoms with Crippen LogP contribution in [0.15, 0.2) is 0 Å². The lowest BCUT2D eigenvalue weighted by atomic mass is 10.1. The molecule has 2 atom stereocenters. The smallest absolute Gasteiger partial charge is 0.237 e. The van der Waals surface area contributed by atoms with Gasteiger partial charge in [-0.15, -0.1) is 10.2 Å². The van der Waals surface area contributed by atoms with Crippen LogP contribution < -0.4 is 11.1 Å². The number of nitrogens with zero attached hydrogens (tertiary/aromatic N) is 3. The van der Waals surface area contributed by atoms with Gasteiger partial charge in [0.2, 0.25) is 5.91 Å². The Hall–Kier alpha value is -1.50. The second-order valence-corrected chi connectivity index (χ2v) is 3.75. The van der Waals surface area contributed by atoms with Gasteiger partial charge in [0, 0.05) is 0 Å². The van der Waals surface area contributed by atoms with Gasteiger partial charge in [-0.05, 0) is 13.3 Å². The molecule has 0 saturated carbocycles. The highest BCUT2D eigenvalue weighted by atomic mass is 16.2. The van der Waals surface area contributed by atoms with E-state index in [4.69, 9.17) is 5.73 Å². The van der Waals surface area contributed by atoms with Crippen molar-refractivity contribution >= 4 is 5.91 Å². The van der Waals surface area contributed by atoms with Gasteiger partial charge in [-0.3, -0.25) is 4.79 Å². The molecule has 1 aromatic heterocycles. The van der Waals surface area contributed by atoms with Crippen LogP contribution in [0.25, 0.3) is 0 Å². The van der Waals surface area contributed by atoms with Crippen molar-refractivity contribution in [2.75, 3.05) is 0 Å². The molecule has 0 spiro atoms. The summed E-state index contributed by atoms with van der Waals surface area (Å²) in [5.41, 5.74) is 5.73. The van der Waals surface area contributed by atoms with E-state index in [1.807, 2.05) is 0 Å². The third-order valence-corrected chi connectivity index (χ3v) is 2.31. The number of unbranched alkanes of at least 4 members (excludes halogenated alkanes) is 1. The van der Waals surface area contributed by atoms with Crippen molar-refractivity contribution in [1.82, 2.24) is 25.9 Å². The van der Waals surface area contributed by atoms with E-state index in [9.17, 15) is 4.79 Å². The molecule has 1 aromatic rings. The van der Waals surface area contributed by atoms with Gasteiger partial charge in [0.25, 0.3) is 0 Å². The molecular weight excluding hydrogens is 208 g/mol. The zero-order valence-electron chi connectivity index (χ0n) is 9.60. The van der Waals surface area contributed by atoms with Crippen molar-refractivity contribution < 1.29 is 4.79 Å². The second kappa shape index (κ2) is 6.16. The first-order valence-corrected chi connectivity index (χ1v) is 5.44. The van der Waals surface area contributed by atoms with Crippen LogP contribution in [0.4, 0.5) is 0 Å². The van der Waals surface area contributed by atoms with Crippen molar-refractivity contribution in [1.29, 1.82) is 0 Å². The van der Waals surface area contributed by atoms with E-state index < -0.39 is 6.04 Å². The number of hydrogen-bond donors (Lipinski definition) is 3. The molecule has 7 nitrogen and oxygen atoms in total. The molecule has 4 N–H and O–H groups in total. The Morgan fingerprint density at radius 2 is 2.38 bits per heavy atom. The summed E-state index contributed by atoms with van der Waals surface area (Å²) >= 11 is 0. The second-order valence-electron chi connectivity index (χ2n) is 3.75. The molecule has 0 aliphatic heterocycles. The highest BCUT2D eigenvalue weighted by molar-refractivity contribution is 5.81. The summed E-state index contributed by atoms with van der Waals surface area (Å²) in [7, 11) is 0.